The Morgan fingerprint density at radius 2 is 2.17 bits per heavy atom. The first-order valence-corrected chi connectivity index (χ1v) is 9.10. The Hall–Kier alpha value is -2.11. The molecule has 122 valence electrons. The van der Waals surface area contributed by atoms with Crippen molar-refractivity contribution in [3.05, 3.63) is 50.9 Å². The molecule has 1 fully saturated rings. The van der Waals surface area contributed by atoms with Crippen molar-refractivity contribution in [1.29, 1.82) is 0 Å². The van der Waals surface area contributed by atoms with E-state index in [4.69, 9.17) is 9.47 Å². The van der Waals surface area contributed by atoms with Crippen LogP contribution in [0.4, 0.5) is 0 Å². The van der Waals surface area contributed by atoms with Gasteiger partial charge in [-0.3, -0.25) is 9.69 Å². The van der Waals surface area contributed by atoms with E-state index in [2.05, 4.69) is 4.90 Å². The van der Waals surface area contributed by atoms with Gasteiger partial charge < -0.3 is 9.47 Å². The van der Waals surface area contributed by atoms with Gasteiger partial charge in [0, 0.05) is 23.5 Å². The number of ketones is 1. The second-order valence-corrected chi connectivity index (χ2v) is 7.53. The summed E-state index contributed by atoms with van der Waals surface area (Å²) in [6.07, 6.45) is 4.32. The normalized spacial score (nSPS) is 21.4. The summed E-state index contributed by atoms with van der Waals surface area (Å²) in [7, 11) is 0. The smallest absolute Gasteiger partial charge is 0.232 e. The standard InChI is InChI=1S/C19H17NO3S/c1-11-6-7-24-17(11)8-16-18(21)13-4-5-15-14(19(13)23-16)9-20(10-22-15)12-2-3-12/h4-8,12H,2-3,9-10H2,1H3/b16-8-. The summed E-state index contributed by atoms with van der Waals surface area (Å²) in [6.45, 7) is 3.46. The summed E-state index contributed by atoms with van der Waals surface area (Å²) < 4.78 is 11.9. The minimum absolute atomic E-state index is 0.0378. The van der Waals surface area contributed by atoms with Gasteiger partial charge in [-0.2, -0.15) is 0 Å². The Bertz CT molecular complexity index is 879. The number of allylic oxidation sites excluding steroid dienone is 1. The van der Waals surface area contributed by atoms with E-state index < -0.39 is 0 Å². The van der Waals surface area contributed by atoms with Gasteiger partial charge in [-0.05, 0) is 48.9 Å². The quantitative estimate of drug-likeness (QED) is 0.776. The number of ether oxygens (including phenoxy) is 2. The van der Waals surface area contributed by atoms with Gasteiger partial charge in [-0.15, -0.1) is 11.3 Å². The molecular weight excluding hydrogens is 322 g/mol. The molecule has 24 heavy (non-hydrogen) atoms. The van der Waals surface area contributed by atoms with E-state index in [0.29, 0.717) is 29.8 Å². The lowest BCUT2D eigenvalue weighted by molar-refractivity contribution is 0.0868. The van der Waals surface area contributed by atoms with Crippen LogP contribution in [0.3, 0.4) is 0 Å². The minimum Gasteiger partial charge on any atom is -0.478 e. The fourth-order valence-corrected chi connectivity index (χ4v) is 4.15. The highest BCUT2D eigenvalue weighted by Crippen LogP contribution is 2.43. The molecule has 0 unspecified atom stereocenters. The summed E-state index contributed by atoms with van der Waals surface area (Å²) in [5.41, 5.74) is 2.81. The number of carbonyl (C=O) groups is 1. The van der Waals surface area contributed by atoms with Crippen LogP contribution in [0.5, 0.6) is 11.5 Å². The Labute approximate surface area is 144 Å². The molecule has 3 heterocycles. The topological polar surface area (TPSA) is 38.8 Å². The number of hydrogen-bond donors (Lipinski definition) is 0. The van der Waals surface area contributed by atoms with E-state index in [1.165, 1.54) is 12.8 Å². The largest absolute Gasteiger partial charge is 0.478 e. The fourth-order valence-electron chi connectivity index (χ4n) is 3.30. The van der Waals surface area contributed by atoms with E-state index >= 15 is 0 Å². The first kappa shape index (κ1) is 14.3. The molecule has 5 heteroatoms. The van der Waals surface area contributed by atoms with Crippen LogP contribution in [0.2, 0.25) is 0 Å². The van der Waals surface area contributed by atoms with Crippen molar-refractivity contribution in [2.24, 2.45) is 0 Å². The van der Waals surface area contributed by atoms with Crippen molar-refractivity contribution in [2.45, 2.75) is 32.4 Å². The number of nitrogens with zero attached hydrogens (tertiary/aromatic N) is 1. The van der Waals surface area contributed by atoms with Crippen LogP contribution in [0, 0.1) is 6.92 Å². The maximum absolute atomic E-state index is 12.7. The zero-order chi connectivity index (χ0) is 16.3. The van der Waals surface area contributed by atoms with E-state index in [1.807, 2.05) is 36.6 Å². The van der Waals surface area contributed by atoms with Gasteiger partial charge in [-0.25, -0.2) is 0 Å². The lowest BCUT2D eigenvalue weighted by atomic mass is 10.0. The van der Waals surface area contributed by atoms with Crippen molar-refractivity contribution >= 4 is 23.2 Å². The molecule has 1 aliphatic carbocycles. The Morgan fingerprint density at radius 1 is 1.29 bits per heavy atom. The lowest BCUT2D eigenvalue weighted by Gasteiger charge is -2.29. The summed E-state index contributed by atoms with van der Waals surface area (Å²) in [5, 5.41) is 2.03. The van der Waals surface area contributed by atoms with Crippen LogP contribution >= 0.6 is 11.3 Å². The fraction of sp³-hybridized carbons (Fsp3) is 0.316. The molecule has 0 amide bonds. The SMILES string of the molecule is Cc1ccsc1/C=C1\Oc2c(ccc3c2CN(C2CC2)CO3)C1=O. The monoisotopic (exact) mass is 339 g/mol. The maximum atomic E-state index is 12.7. The van der Waals surface area contributed by atoms with Gasteiger partial charge in [0.25, 0.3) is 0 Å². The Kier molecular flexibility index (Phi) is 3.08. The third kappa shape index (κ3) is 2.19. The average Bonchev–Trinajstić information content (AvgIpc) is 3.30. The van der Waals surface area contributed by atoms with Crippen LogP contribution in [-0.2, 0) is 6.54 Å². The van der Waals surface area contributed by atoms with Crippen molar-refractivity contribution in [3.63, 3.8) is 0 Å². The molecule has 3 aliphatic rings. The molecule has 0 N–H and O–H groups in total. The van der Waals surface area contributed by atoms with Gasteiger partial charge in [0.1, 0.15) is 18.2 Å². The number of aryl methyl sites for hydroxylation is 1. The van der Waals surface area contributed by atoms with Crippen LogP contribution in [0.15, 0.2) is 29.3 Å². The number of benzene rings is 1. The van der Waals surface area contributed by atoms with Crippen molar-refractivity contribution < 1.29 is 14.3 Å². The third-order valence-electron chi connectivity index (χ3n) is 4.87. The summed E-state index contributed by atoms with van der Waals surface area (Å²) >= 11 is 1.62. The summed E-state index contributed by atoms with van der Waals surface area (Å²) in [5.74, 6) is 1.90. The molecule has 2 aliphatic heterocycles. The van der Waals surface area contributed by atoms with Gasteiger partial charge in [-0.1, -0.05) is 0 Å². The highest BCUT2D eigenvalue weighted by molar-refractivity contribution is 7.11. The molecule has 1 aromatic carbocycles. The Balaban J connectivity index is 1.53. The lowest BCUT2D eigenvalue weighted by Crippen LogP contribution is -2.33. The molecule has 1 saturated carbocycles. The molecule has 0 bridgehead atoms. The first-order valence-electron chi connectivity index (χ1n) is 8.22. The van der Waals surface area contributed by atoms with Crippen LogP contribution in [0.25, 0.3) is 6.08 Å². The van der Waals surface area contributed by atoms with Gasteiger partial charge in [0.05, 0.1) is 11.1 Å². The van der Waals surface area contributed by atoms with Gasteiger partial charge in [0.15, 0.2) is 5.76 Å². The highest BCUT2D eigenvalue weighted by atomic mass is 32.1. The van der Waals surface area contributed by atoms with E-state index in [0.717, 1.165) is 28.3 Å². The van der Waals surface area contributed by atoms with Crippen LogP contribution in [0.1, 0.15) is 39.2 Å². The number of hydrogen-bond acceptors (Lipinski definition) is 5. The van der Waals surface area contributed by atoms with E-state index in [9.17, 15) is 4.79 Å². The number of rotatable bonds is 2. The molecule has 1 aromatic heterocycles. The molecule has 4 nitrogen and oxygen atoms in total. The van der Waals surface area contributed by atoms with E-state index in [1.54, 1.807) is 11.3 Å². The number of carbonyl (C=O) groups excluding carboxylic acids is 1. The predicted octanol–water partition coefficient (Wildman–Crippen LogP) is 3.99. The third-order valence-corrected chi connectivity index (χ3v) is 5.84. The maximum Gasteiger partial charge on any atom is 0.232 e. The molecule has 0 saturated heterocycles. The van der Waals surface area contributed by atoms with E-state index in [-0.39, 0.29) is 5.78 Å². The minimum atomic E-state index is -0.0378. The number of Topliss-reactive ketones (excluding diaryl/α,β-unsaturated/α-hetero) is 1. The molecule has 0 spiro atoms. The predicted molar refractivity (Wildman–Crippen MR) is 92.5 cm³/mol. The van der Waals surface area contributed by atoms with Crippen molar-refractivity contribution in [3.8, 4) is 11.5 Å². The molecule has 5 rings (SSSR count). The molecular formula is C19H17NO3S. The number of thiophene rings is 1. The number of fused-ring (bicyclic) bond motifs is 3. The second kappa shape index (κ2) is 5.19. The summed E-state index contributed by atoms with van der Waals surface area (Å²) in [6, 6.07) is 6.40. The molecule has 0 atom stereocenters. The van der Waals surface area contributed by atoms with Crippen molar-refractivity contribution in [2.75, 3.05) is 6.73 Å². The first-order chi connectivity index (χ1) is 11.7. The summed E-state index contributed by atoms with van der Waals surface area (Å²) in [4.78, 5) is 16.1. The average molecular weight is 339 g/mol. The molecule has 0 radical (unpaired) electrons. The molecule has 2 aromatic rings. The zero-order valence-corrected chi connectivity index (χ0v) is 14.2. The Morgan fingerprint density at radius 3 is 2.92 bits per heavy atom. The van der Waals surface area contributed by atoms with Gasteiger partial charge in [0.2, 0.25) is 5.78 Å². The second-order valence-electron chi connectivity index (χ2n) is 6.58. The van der Waals surface area contributed by atoms with Crippen LogP contribution in [-0.4, -0.2) is 23.5 Å². The van der Waals surface area contributed by atoms with Crippen molar-refractivity contribution in [1.82, 2.24) is 4.90 Å². The van der Waals surface area contributed by atoms with Crippen LogP contribution < -0.4 is 9.47 Å². The highest BCUT2D eigenvalue weighted by Gasteiger charge is 2.37. The zero-order valence-electron chi connectivity index (χ0n) is 13.4. The van der Waals surface area contributed by atoms with Gasteiger partial charge >= 0.3 is 0 Å².